The smallest absolute Gasteiger partial charge is 0.475 e. The number of carbonyl (C=O) groups is 2. The van der Waals surface area contributed by atoms with Gasteiger partial charge in [-0.05, 0) is 32.6 Å². The van der Waals surface area contributed by atoms with Crippen LogP contribution in [-0.2, 0) is 18.4 Å². The summed E-state index contributed by atoms with van der Waals surface area (Å²) < 4.78 is 39.3. The second kappa shape index (κ2) is 10.6. The van der Waals surface area contributed by atoms with Crippen LogP contribution in [0.2, 0.25) is 0 Å². The standard InChI is InChI=1S/C23H24N4O2.C2HF3O2/c1-15-9-5-6-10-16(15)19-13-21(27(4)25-19)24-23(28)22-18(14-26(2)3)17-11-7-8-12-20(17)29-22;3-2(4,5)1(6)7/h5-13H,14H2,1-4H3,(H,24,28);(H,6,7). The van der Waals surface area contributed by atoms with Gasteiger partial charge in [-0.2, -0.15) is 18.3 Å². The Labute approximate surface area is 204 Å². The average molecular weight is 502 g/mol. The van der Waals surface area contributed by atoms with Gasteiger partial charge in [-0.3, -0.25) is 9.48 Å². The monoisotopic (exact) mass is 502 g/mol. The molecule has 4 rings (SSSR count). The number of nitrogens with one attached hydrogen (secondary N) is 1. The van der Waals surface area contributed by atoms with Crippen LogP contribution >= 0.6 is 0 Å². The number of carboxylic acids is 1. The van der Waals surface area contributed by atoms with Crippen molar-refractivity contribution in [1.82, 2.24) is 14.7 Å². The number of halogens is 3. The first kappa shape index (κ1) is 26.5. The number of para-hydroxylation sites is 1. The lowest BCUT2D eigenvalue weighted by Crippen LogP contribution is -2.21. The van der Waals surface area contributed by atoms with Crippen molar-refractivity contribution in [3.05, 3.63) is 71.5 Å². The number of rotatable bonds is 5. The van der Waals surface area contributed by atoms with Crippen molar-refractivity contribution in [3.8, 4) is 11.3 Å². The number of furan rings is 1. The summed E-state index contributed by atoms with van der Waals surface area (Å²) in [5, 5.41) is 15.6. The summed E-state index contributed by atoms with van der Waals surface area (Å²) in [7, 11) is 5.76. The number of aryl methyl sites for hydroxylation is 2. The van der Waals surface area contributed by atoms with E-state index in [1.54, 1.807) is 4.68 Å². The van der Waals surface area contributed by atoms with Gasteiger partial charge in [0.25, 0.3) is 5.91 Å². The highest BCUT2D eigenvalue weighted by molar-refractivity contribution is 6.06. The molecule has 0 aliphatic heterocycles. The molecular weight excluding hydrogens is 477 g/mol. The zero-order valence-corrected chi connectivity index (χ0v) is 20.1. The molecule has 2 aromatic heterocycles. The number of alkyl halides is 3. The molecule has 0 atom stereocenters. The molecule has 2 aromatic carbocycles. The van der Waals surface area contributed by atoms with Crippen LogP contribution in [0.15, 0.2) is 59.0 Å². The third-order valence-corrected chi connectivity index (χ3v) is 5.16. The van der Waals surface area contributed by atoms with Crippen molar-refractivity contribution >= 4 is 28.7 Å². The van der Waals surface area contributed by atoms with Crippen molar-refractivity contribution in [2.75, 3.05) is 19.4 Å². The fourth-order valence-corrected chi connectivity index (χ4v) is 3.50. The van der Waals surface area contributed by atoms with Gasteiger partial charge in [0.1, 0.15) is 11.4 Å². The fraction of sp³-hybridized carbons (Fsp3) is 0.240. The molecule has 36 heavy (non-hydrogen) atoms. The highest BCUT2D eigenvalue weighted by atomic mass is 19.4. The summed E-state index contributed by atoms with van der Waals surface area (Å²) in [5.41, 5.74) is 4.58. The maximum atomic E-state index is 13.1. The van der Waals surface area contributed by atoms with Crippen LogP contribution in [0.3, 0.4) is 0 Å². The third-order valence-electron chi connectivity index (χ3n) is 5.16. The van der Waals surface area contributed by atoms with E-state index in [4.69, 9.17) is 14.3 Å². The molecule has 0 aliphatic rings. The summed E-state index contributed by atoms with van der Waals surface area (Å²) in [6.45, 7) is 2.66. The summed E-state index contributed by atoms with van der Waals surface area (Å²) in [6, 6.07) is 17.7. The van der Waals surface area contributed by atoms with E-state index in [-0.39, 0.29) is 5.91 Å². The molecule has 2 heterocycles. The molecule has 0 saturated carbocycles. The number of aromatic nitrogens is 2. The first-order chi connectivity index (χ1) is 16.9. The van der Waals surface area contributed by atoms with Crippen molar-refractivity contribution in [3.63, 3.8) is 0 Å². The minimum atomic E-state index is -5.08. The number of carbonyl (C=O) groups excluding carboxylic acids is 1. The predicted molar refractivity (Wildman–Crippen MR) is 129 cm³/mol. The van der Waals surface area contributed by atoms with Crippen LogP contribution in [0, 0.1) is 6.92 Å². The highest BCUT2D eigenvalue weighted by Crippen LogP contribution is 2.29. The lowest BCUT2D eigenvalue weighted by molar-refractivity contribution is -0.192. The van der Waals surface area contributed by atoms with E-state index in [1.165, 1.54) is 0 Å². The van der Waals surface area contributed by atoms with Crippen LogP contribution in [0.1, 0.15) is 21.7 Å². The first-order valence-electron chi connectivity index (χ1n) is 10.7. The maximum absolute atomic E-state index is 13.1. The van der Waals surface area contributed by atoms with Gasteiger partial charge in [-0.1, -0.05) is 42.5 Å². The fourth-order valence-electron chi connectivity index (χ4n) is 3.50. The largest absolute Gasteiger partial charge is 0.490 e. The molecule has 0 fully saturated rings. The lowest BCUT2D eigenvalue weighted by Gasteiger charge is -2.10. The first-order valence-corrected chi connectivity index (χ1v) is 10.7. The Morgan fingerprint density at radius 1 is 1.11 bits per heavy atom. The Morgan fingerprint density at radius 3 is 2.33 bits per heavy atom. The summed E-state index contributed by atoms with van der Waals surface area (Å²) >= 11 is 0. The van der Waals surface area contributed by atoms with E-state index in [0.717, 1.165) is 27.8 Å². The van der Waals surface area contributed by atoms with Gasteiger partial charge in [0, 0.05) is 36.2 Å². The number of benzene rings is 2. The number of amides is 1. The minimum Gasteiger partial charge on any atom is -0.475 e. The third kappa shape index (κ3) is 6.11. The Hall–Kier alpha value is -4.12. The molecule has 0 spiro atoms. The van der Waals surface area contributed by atoms with E-state index in [1.807, 2.05) is 87.6 Å². The van der Waals surface area contributed by atoms with Crippen molar-refractivity contribution in [2.45, 2.75) is 19.6 Å². The van der Waals surface area contributed by atoms with Crippen LogP contribution < -0.4 is 5.32 Å². The van der Waals surface area contributed by atoms with Crippen molar-refractivity contribution in [1.29, 1.82) is 0 Å². The van der Waals surface area contributed by atoms with Gasteiger partial charge in [-0.25, -0.2) is 4.79 Å². The van der Waals surface area contributed by atoms with E-state index in [9.17, 15) is 18.0 Å². The van der Waals surface area contributed by atoms with E-state index >= 15 is 0 Å². The molecule has 0 unspecified atom stereocenters. The summed E-state index contributed by atoms with van der Waals surface area (Å²) in [6.07, 6.45) is -5.08. The molecule has 0 saturated heterocycles. The van der Waals surface area contributed by atoms with Gasteiger partial charge in [0.15, 0.2) is 5.76 Å². The van der Waals surface area contributed by atoms with Crippen LogP contribution in [0.25, 0.3) is 22.2 Å². The normalized spacial score (nSPS) is 11.3. The van der Waals surface area contributed by atoms with Crippen LogP contribution in [-0.4, -0.2) is 51.9 Å². The summed E-state index contributed by atoms with van der Waals surface area (Å²) in [5.74, 6) is -2.09. The molecule has 11 heteroatoms. The molecule has 8 nitrogen and oxygen atoms in total. The molecule has 1 amide bonds. The van der Waals surface area contributed by atoms with E-state index < -0.39 is 12.1 Å². The van der Waals surface area contributed by atoms with Gasteiger partial charge in [0.2, 0.25) is 0 Å². The Morgan fingerprint density at radius 2 is 1.72 bits per heavy atom. The van der Waals surface area contributed by atoms with Crippen molar-refractivity contribution < 1.29 is 32.3 Å². The van der Waals surface area contributed by atoms with Gasteiger partial charge >= 0.3 is 12.1 Å². The Balaban J connectivity index is 0.000000454. The minimum absolute atomic E-state index is 0.280. The molecular formula is C25H25F3N4O4. The number of aliphatic carboxylic acids is 1. The number of nitrogens with zero attached hydrogens (tertiary/aromatic N) is 3. The van der Waals surface area contributed by atoms with Crippen molar-refractivity contribution in [2.24, 2.45) is 7.05 Å². The van der Waals surface area contributed by atoms with Gasteiger partial charge in [-0.15, -0.1) is 0 Å². The molecule has 190 valence electrons. The average Bonchev–Trinajstić information content (AvgIpc) is 3.34. The summed E-state index contributed by atoms with van der Waals surface area (Å²) in [4.78, 5) is 24.0. The Kier molecular flexibility index (Phi) is 7.83. The second-order valence-corrected chi connectivity index (χ2v) is 8.25. The number of fused-ring (bicyclic) bond motifs is 1. The SMILES string of the molecule is Cc1ccccc1-c1cc(NC(=O)c2oc3ccccc3c2CN(C)C)n(C)n1.O=C(O)C(F)(F)F. The molecule has 0 aliphatic carbocycles. The molecule has 2 N–H and O–H groups in total. The number of anilines is 1. The van der Waals surface area contributed by atoms with E-state index in [0.29, 0.717) is 23.7 Å². The zero-order valence-electron chi connectivity index (χ0n) is 20.1. The van der Waals surface area contributed by atoms with Crippen LogP contribution in [0.5, 0.6) is 0 Å². The van der Waals surface area contributed by atoms with Gasteiger partial charge < -0.3 is 19.7 Å². The number of hydrogen-bond acceptors (Lipinski definition) is 5. The van der Waals surface area contributed by atoms with Gasteiger partial charge in [0.05, 0.1) is 5.69 Å². The zero-order chi connectivity index (χ0) is 26.6. The molecule has 0 radical (unpaired) electrons. The number of hydrogen-bond donors (Lipinski definition) is 2. The lowest BCUT2D eigenvalue weighted by atomic mass is 10.1. The van der Waals surface area contributed by atoms with E-state index in [2.05, 4.69) is 10.4 Å². The quantitative estimate of drug-likeness (QED) is 0.394. The second-order valence-electron chi connectivity index (χ2n) is 8.25. The van der Waals surface area contributed by atoms with Crippen LogP contribution in [0.4, 0.5) is 19.0 Å². The molecule has 0 bridgehead atoms. The number of carboxylic acid groups (broad SMARTS) is 1. The predicted octanol–water partition coefficient (Wildman–Crippen LogP) is 5.09. The molecule has 4 aromatic rings. The Bertz CT molecular complexity index is 1390. The maximum Gasteiger partial charge on any atom is 0.490 e. The highest BCUT2D eigenvalue weighted by Gasteiger charge is 2.38. The topological polar surface area (TPSA) is 101 Å².